The maximum atomic E-state index is 13.5. The Morgan fingerprint density at radius 3 is 2.90 bits per heavy atom. The van der Waals surface area contributed by atoms with Gasteiger partial charge in [-0.3, -0.25) is 4.79 Å². The number of nitrogens with two attached hydrogens (primary N) is 1. The molecule has 1 aromatic carbocycles. The summed E-state index contributed by atoms with van der Waals surface area (Å²) in [6.45, 7) is 0.102. The third-order valence-electron chi connectivity index (χ3n) is 3.02. The summed E-state index contributed by atoms with van der Waals surface area (Å²) in [5.41, 5.74) is 6.74. The highest BCUT2D eigenvalue weighted by atomic mass is 32.1. The average molecular weight is 302 g/mol. The van der Waals surface area contributed by atoms with Crippen LogP contribution in [-0.4, -0.2) is 16.1 Å². The number of amides is 1. The van der Waals surface area contributed by atoms with Crippen molar-refractivity contribution >= 4 is 33.1 Å². The molecular formula is C14H11FN4OS. The van der Waals surface area contributed by atoms with Crippen molar-refractivity contribution in [2.45, 2.75) is 6.54 Å². The molecule has 5 nitrogen and oxygen atoms in total. The third-order valence-corrected chi connectivity index (χ3v) is 4.13. The van der Waals surface area contributed by atoms with E-state index in [1.54, 1.807) is 24.3 Å². The minimum absolute atomic E-state index is 0.102. The topological polar surface area (TPSA) is 80.9 Å². The summed E-state index contributed by atoms with van der Waals surface area (Å²) < 4.78 is 13.5. The van der Waals surface area contributed by atoms with Gasteiger partial charge in [-0.15, -0.1) is 16.4 Å². The molecule has 0 spiro atoms. The van der Waals surface area contributed by atoms with E-state index in [2.05, 4.69) is 15.5 Å². The smallest absolute Gasteiger partial charge is 0.263 e. The average Bonchev–Trinajstić information content (AvgIpc) is 2.84. The van der Waals surface area contributed by atoms with Gasteiger partial charge in [-0.05, 0) is 12.1 Å². The number of nitrogen functional groups attached to an aromatic ring is 1. The van der Waals surface area contributed by atoms with Gasteiger partial charge in [-0.1, -0.05) is 18.2 Å². The molecule has 1 amide bonds. The number of carbonyl (C=O) groups is 1. The number of nitrogens with one attached hydrogen (secondary N) is 1. The zero-order valence-electron chi connectivity index (χ0n) is 10.8. The first kappa shape index (κ1) is 13.4. The molecule has 3 rings (SSSR count). The van der Waals surface area contributed by atoms with Gasteiger partial charge >= 0.3 is 0 Å². The van der Waals surface area contributed by atoms with E-state index in [1.165, 1.54) is 23.6 Å². The first-order valence-electron chi connectivity index (χ1n) is 6.18. The van der Waals surface area contributed by atoms with Crippen LogP contribution in [0.25, 0.3) is 10.2 Å². The number of rotatable bonds is 3. The summed E-state index contributed by atoms with van der Waals surface area (Å²) in [6, 6.07) is 8.00. The SMILES string of the molecule is Nc1c(C(=O)NCc2ccccc2F)sc2nnccc12. The van der Waals surface area contributed by atoms with Crippen LogP contribution < -0.4 is 11.1 Å². The highest BCUT2D eigenvalue weighted by molar-refractivity contribution is 7.21. The molecule has 21 heavy (non-hydrogen) atoms. The van der Waals surface area contributed by atoms with Crippen molar-refractivity contribution in [3.8, 4) is 0 Å². The highest BCUT2D eigenvalue weighted by Crippen LogP contribution is 2.31. The number of anilines is 1. The molecule has 0 aliphatic heterocycles. The van der Waals surface area contributed by atoms with Gasteiger partial charge in [0.25, 0.3) is 5.91 Å². The number of hydrogen-bond acceptors (Lipinski definition) is 5. The van der Waals surface area contributed by atoms with Gasteiger partial charge < -0.3 is 11.1 Å². The lowest BCUT2D eigenvalue weighted by molar-refractivity contribution is 0.0955. The van der Waals surface area contributed by atoms with E-state index in [0.717, 1.165) is 0 Å². The lowest BCUT2D eigenvalue weighted by Crippen LogP contribution is -2.23. The lowest BCUT2D eigenvalue weighted by atomic mass is 10.2. The zero-order chi connectivity index (χ0) is 14.8. The van der Waals surface area contributed by atoms with Crippen LogP contribution in [0.2, 0.25) is 0 Å². The van der Waals surface area contributed by atoms with Crippen LogP contribution in [-0.2, 0) is 6.54 Å². The number of aromatic nitrogens is 2. The normalized spacial score (nSPS) is 10.7. The quantitative estimate of drug-likeness (QED) is 0.778. The van der Waals surface area contributed by atoms with Crippen molar-refractivity contribution in [2.75, 3.05) is 5.73 Å². The first-order chi connectivity index (χ1) is 10.2. The van der Waals surface area contributed by atoms with Gasteiger partial charge in [0, 0.05) is 17.5 Å². The second-order valence-electron chi connectivity index (χ2n) is 4.37. The Kier molecular flexibility index (Phi) is 3.49. The van der Waals surface area contributed by atoms with Crippen molar-refractivity contribution in [1.82, 2.24) is 15.5 Å². The van der Waals surface area contributed by atoms with E-state index in [1.807, 2.05) is 0 Å². The molecule has 0 fully saturated rings. The monoisotopic (exact) mass is 302 g/mol. The van der Waals surface area contributed by atoms with Gasteiger partial charge in [0.15, 0.2) is 0 Å². The molecule has 3 aromatic rings. The molecule has 106 valence electrons. The van der Waals surface area contributed by atoms with Crippen LogP contribution in [0.1, 0.15) is 15.2 Å². The van der Waals surface area contributed by atoms with Gasteiger partial charge in [0.2, 0.25) is 0 Å². The minimum Gasteiger partial charge on any atom is -0.397 e. The van der Waals surface area contributed by atoms with Gasteiger partial charge in [-0.2, -0.15) is 5.10 Å². The number of thiophene rings is 1. The van der Waals surface area contributed by atoms with E-state index in [4.69, 9.17) is 5.73 Å². The van der Waals surface area contributed by atoms with Crippen LogP contribution in [0.3, 0.4) is 0 Å². The number of hydrogen-bond donors (Lipinski definition) is 2. The summed E-state index contributed by atoms with van der Waals surface area (Å²) in [5, 5.41) is 11.0. The summed E-state index contributed by atoms with van der Waals surface area (Å²) in [4.78, 5) is 13.1. The number of halogens is 1. The van der Waals surface area contributed by atoms with Crippen molar-refractivity contribution in [2.24, 2.45) is 0 Å². The predicted molar refractivity (Wildman–Crippen MR) is 79.4 cm³/mol. The highest BCUT2D eigenvalue weighted by Gasteiger charge is 2.17. The number of benzene rings is 1. The summed E-state index contributed by atoms with van der Waals surface area (Å²) in [7, 11) is 0. The lowest BCUT2D eigenvalue weighted by Gasteiger charge is -2.05. The Balaban J connectivity index is 1.81. The van der Waals surface area contributed by atoms with Gasteiger partial charge in [0.1, 0.15) is 15.5 Å². The first-order valence-corrected chi connectivity index (χ1v) is 6.99. The standard InChI is InChI=1S/C14H11FN4OS/c15-10-4-2-1-3-8(10)7-17-13(20)12-11(16)9-5-6-18-19-14(9)21-12/h1-6H,7,16H2,(H,17,20). The molecule has 2 aromatic heterocycles. The zero-order valence-corrected chi connectivity index (χ0v) is 11.7. The Bertz CT molecular complexity index is 818. The second-order valence-corrected chi connectivity index (χ2v) is 5.37. The molecule has 0 radical (unpaired) electrons. The number of carbonyl (C=O) groups excluding carboxylic acids is 1. The van der Waals surface area contributed by atoms with Crippen molar-refractivity contribution in [3.05, 3.63) is 52.8 Å². The summed E-state index contributed by atoms with van der Waals surface area (Å²) in [5.74, 6) is -0.702. The van der Waals surface area contributed by atoms with Gasteiger partial charge in [0.05, 0.1) is 11.9 Å². The number of fused-ring (bicyclic) bond motifs is 1. The Morgan fingerprint density at radius 1 is 1.33 bits per heavy atom. The minimum atomic E-state index is -0.354. The molecule has 0 bridgehead atoms. The molecule has 0 atom stereocenters. The molecule has 3 N–H and O–H groups in total. The molecule has 0 saturated heterocycles. The van der Waals surface area contributed by atoms with E-state index < -0.39 is 0 Å². The Morgan fingerprint density at radius 2 is 2.14 bits per heavy atom. The van der Waals surface area contributed by atoms with E-state index in [-0.39, 0.29) is 18.3 Å². The van der Waals surface area contributed by atoms with Crippen LogP contribution in [0.5, 0.6) is 0 Å². The van der Waals surface area contributed by atoms with E-state index in [9.17, 15) is 9.18 Å². The maximum Gasteiger partial charge on any atom is 0.263 e. The summed E-state index contributed by atoms with van der Waals surface area (Å²) in [6.07, 6.45) is 1.52. The molecule has 7 heteroatoms. The maximum absolute atomic E-state index is 13.5. The van der Waals surface area contributed by atoms with Crippen LogP contribution in [0.15, 0.2) is 36.5 Å². The van der Waals surface area contributed by atoms with Gasteiger partial charge in [-0.25, -0.2) is 4.39 Å². The fraction of sp³-hybridized carbons (Fsp3) is 0.0714. The summed E-state index contributed by atoms with van der Waals surface area (Å²) >= 11 is 1.17. The fourth-order valence-corrected chi connectivity index (χ4v) is 2.89. The van der Waals surface area contributed by atoms with E-state index in [0.29, 0.717) is 26.3 Å². The molecule has 0 saturated carbocycles. The molecule has 0 unspecified atom stereocenters. The predicted octanol–water partition coefficient (Wildman–Crippen LogP) is 2.34. The van der Waals surface area contributed by atoms with Crippen LogP contribution >= 0.6 is 11.3 Å². The Hall–Kier alpha value is -2.54. The largest absolute Gasteiger partial charge is 0.397 e. The van der Waals surface area contributed by atoms with Crippen molar-refractivity contribution in [1.29, 1.82) is 0 Å². The third kappa shape index (κ3) is 2.55. The van der Waals surface area contributed by atoms with Crippen molar-refractivity contribution in [3.63, 3.8) is 0 Å². The van der Waals surface area contributed by atoms with Crippen molar-refractivity contribution < 1.29 is 9.18 Å². The molecule has 0 aliphatic rings. The Labute approximate surface area is 123 Å². The van der Waals surface area contributed by atoms with Crippen LogP contribution in [0.4, 0.5) is 10.1 Å². The second kappa shape index (κ2) is 5.45. The molecule has 2 heterocycles. The van der Waals surface area contributed by atoms with Crippen LogP contribution in [0, 0.1) is 5.82 Å². The molecule has 0 aliphatic carbocycles. The molecular weight excluding hydrogens is 291 g/mol. The number of nitrogens with zero attached hydrogens (tertiary/aromatic N) is 2. The fourth-order valence-electron chi connectivity index (χ4n) is 1.94. The van der Waals surface area contributed by atoms with E-state index >= 15 is 0 Å².